The molecule has 0 radical (unpaired) electrons. The number of rotatable bonds is 6. The van der Waals surface area contributed by atoms with Crippen molar-refractivity contribution in [2.75, 3.05) is 14.2 Å². The van der Waals surface area contributed by atoms with Crippen molar-refractivity contribution >= 4 is 0 Å². The molecule has 0 saturated heterocycles. The van der Waals surface area contributed by atoms with Crippen LogP contribution < -0.4 is 14.2 Å². The van der Waals surface area contributed by atoms with Crippen LogP contribution in [0.4, 0.5) is 0 Å². The summed E-state index contributed by atoms with van der Waals surface area (Å²) in [6.07, 6.45) is 3.56. The van der Waals surface area contributed by atoms with Crippen LogP contribution in [0.1, 0.15) is 11.4 Å². The van der Waals surface area contributed by atoms with Crippen molar-refractivity contribution in [3.8, 4) is 17.2 Å². The lowest BCUT2D eigenvalue weighted by molar-refractivity contribution is 0.252. The van der Waals surface area contributed by atoms with Crippen molar-refractivity contribution in [2.24, 2.45) is 7.05 Å². The first-order valence-electron chi connectivity index (χ1n) is 6.14. The monoisotopic (exact) mass is 278 g/mol. The van der Waals surface area contributed by atoms with E-state index < -0.39 is 0 Å². The second-order valence-electron chi connectivity index (χ2n) is 4.23. The van der Waals surface area contributed by atoms with E-state index in [0.29, 0.717) is 29.4 Å². The van der Waals surface area contributed by atoms with Crippen LogP contribution in [-0.2, 0) is 20.3 Å². The molecule has 0 atom stereocenters. The van der Waals surface area contributed by atoms with Crippen LogP contribution >= 0.6 is 0 Å². The molecule has 6 nitrogen and oxygen atoms in total. The zero-order valence-electron chi connectivity index (χ0n) is 11.8. The summed E-state index contributed by atoms with van der Waals surface area (Å²) in [5, 5.41) is 9.22. The SMILES string of the molecule is COc1cc(CO)cc(OC)c1OCc1nccn1C. The maximum absolute atomic E-state index is 9.22. The highest BCUT2D eigenvalue weighted by molar-refractivity contribution is 5.53. The molecule has 0 spiro atoms. The summed E-state index contributed by atoms with van der Waals surface area (Å²) >= 11 is 0. The van der Waals surface area contributed by atoms with Crippen LogP contribution in [0.3, 0.4) is 0 Å². The number of aliphatic hydroxyl groups excluding tert-OH is 1. The lowest BCUT2D eigenvalue weighted by atomic mass is 10.2. The van der Waals surface area contributed by atoms with Gasteiger partial charge in [0.1, 0.15) is 12.4 Å². The van der Waals surface area contributed by atoms with Gasteiger partial charge in [-0.25, -0.2) is 4.98 Å². The summed E-state index contributed by atoms with van der Waals surface area (Å²) in [6, 6.07) is 3.44. The topological polar surface area (TPSA) is 65.7 Å². The van der Waals surface area contributed by atoms with E-state index in [0.717, 1.165) is 5.82 Å². The van der Waals surface area contributed by atoms with E-state index in [1.807, 2.05) is 17.8 Å². The summed E-state index contributed by atoms with van der Waals surface area (Å²) in [5.74, 6) is 2.32. The molecular weight excluding hydrogens is 260 g/mol. The van der Waals surface area contributed by atoms with Gasteiger partial charge in [-0.3, -0.25) is 0 Å². The number of ether oxygens (including phenoxy) is 3. The van der Waals surface area contributed by atoms with Gasteiger partial charge in [-0.05, 0) is 17.7 Å². The van der Waals surface area contributed by atoms with Gasteiger partial charge in [0.05, 0.1) is 20.8 Å². The standard InChI is InChI=1S/C14H18N2O4/c1-16-5-4-15-13(16)9-20-14-11(18-2)6-10(8-17)7-12(14)19-3/h4-7,17H,8-9H2,1-3H3. The molecule has 0 aliphatic rings. The van der Waals surface area contributed by atoms with Crippen molar-refractivity contribution in [1.29, 1.82) is 0 Å². The summed E-state index contributed by atoms with van der Waals surface area (Å²) in [5.41, 5.74) is 0.697. The van der Waals surface area contributed by atoms with Crippen LogP contribution in [0.2, 0.25) is 0 Å². The van der Waals surface area contributed by atoms with Crippen LogP contribution in [-0.4, -0.2) is 28.9 Å². The first kappa shape index (κ1) is 14.2. The minimum Gasteiger partial charge on any atom is -0.493 e. The van der Waals surface area contributed by atoms with E-state index in [9.17, 15) is 5.11 Å². The average Bonchev–Trinajstić information content (AvgIpc) is 2.89. The molecule has 2 rings (SSSR count). The van der Waals surface area contributed by atoms with Crippen molar-refractivity contribution in [2.45, 2.75) is 13.2 Å². The molecule has 1 aromatic heterocycles. The van der Waals surface area contributed by atoms with Gasteiger partial charge in [0.25, 0.3) is 0 Å². The molecule has 1 heterocycles. The Labute approximate surface area is 117 Å². The third-order valence-corrected chi connectivity index (χ3v) is 2.97. The van der Waals surface area contributed by atoms with Crippen molar-refractivity contribution in [3.05, 3.63) is 35.9 Å². The highest BCUT2D eigenvalue weighted by Crippen LogP contribution is 2.39. The summed E-state index contributed by atoms with van der Waals surface area (Å²) in [7, 11) is 4.99. The minimum absolute atomic E-state index is 0.0909. The molecule has 2 aromatic rings. The molecule has 0 amide bonds. The first-order chi connectivity index (χ1) is 9.69. The molecule has 0 aliphatic heterocycles. The van der Waals surface area contributed by atoms with E-state index in [-0.39, 0.29) is 6.61 Å². The fourth-order valence-corrected chi connectivity index (χ4v) is 1.84. The van der Waals surface area contributed by atoms with Crippen LogP contribution in [0, 0.1) is 0 Å². The number of methoxy groups -OCH3 is 2. The Morgan fingerprint density at radius 2 is 1.85 bits per heavy atom. The molecule has 1 aromatic carbocycles. The van der Waals surface area contributed by atoms with Crippen LogP contribution in [0.25, 0.3) is 0 Å². The van der Waals surface area contributed by atoms with Gasteiger partial charge >= 0.3 is 0 Å². The van der Waals surface area contributed by atoms with E-state index in [4.69, 9.17) is 14.2 Å². The molecule has 1 N–H and O–H groups in total. The van der Waals surface area contributed by atoms with Crippen molar-refractivity contribution in [1.82, 2.24) is 9.55 Å². The fourth-order valence-electron chi connectivity index (χ4n) is 1.84. The lowest BCUT2D eigenvalue weighted by Crippen LogP contribution is -2.05. The molecule has 0 aliphatic carbocycles. The van der Waals surface area contributed by atoms with Crippen molar-refractivity contribution in [3.63, 3.8) is 0 Å². The maximum Gasteiger partial charge on any atom is 0.204 e. The Bertz CT molecular complexity index is 555. The third kappa shape index (κ3) is 2.85. The zero-order valence-corrected chi connectivity index (χ0v) is 11.8. The Morgan fingerprint density at radius 3 is 2.30 bits per heavy atom. The number of nitrogens with zero attached hydrogens (tertiary/aromatic N) is 2. The molecule has 0 saturated carbocycles. The predicted molar refractivity (Wildman–Crippen MR) is 73.0 cm³/mol. The molecule has 6 heteroatoms. The Kier molecular flexibility index (Phi) is 4.47. The van der Waals surface area contributed by atoms with Gasteiger partial charge in [-0.15, -0.1) is 0 Å². The normalized spacial score (nSPS) is 10.4. The largest absolute Gasteiger partial charge is 0.493 e. The Morgan fingerprint density at radius 1 is 1.20 bits per heavy atom. The van der Waals surface area contributed by atoms with E-state index >= 15 is 0 Å². The van der Waals surface area contributed by atoms with Gasteiger partial charge in [0.15, 0.2) is 11.5 Å². The number of imidazole rings is 1. The first-order valence-corrected chi connectivity index (χ1v) is 6.14. The lowest BCUT2D eigenvalue weighted by Gasteiger charge is -2.15. The van der Waals surface area contributed by atoms with Gasteiger partial charge < -0.3 is 23.9 Å². The third-order valence-electron chi connectivity index (χ3n) is 2.97. The maximum atomic E-state index is 9.22. The van der Waals surface area contributed by atoms with E-state index in [1.165, 1.54) is 0 Å². The molecule has 0 fully saturated rings. The molecule has 20 heavy (non-hydrogen) atoms. The van der Waals surface area contributed by atoms with E-state index in [1.54, 1.807) is 32.5 Å². The molecule has 108 valence electrons. The predicted octanol–water partition coefficient (Wildman–Crippen LogP) is 1.51. The zero-order chi connectivity index (χ0) is 14.5. The highest BCUT2D eigenvalue weighted by atomic mass is 16.5. The quantitative estimate of drug-likeness (QED) is 0.867. The summed E-state index contributed by atoms with van der Waals surface area (Å²) in [4.78, 5) is 4.19. The van der Waals surface area contributed by atoms with Crippen LogP contribution in [0.5, 0.6) is 17.2 Å². The van der Waals surface area contributed by atoms with E-state index in [2.05, 4.69) is 4.98 Å². The molecule has 0 unspecified atom stereocenters. The van der Waals surface area contributed by atoms with Gasteiger partial charge in [0.2, 0.25) is 5.75 Å². The van der Waals surface area contributed by atoms with Gasteiger partial charge in [-0.2, -0.15) is 0 Å². The Hall–Kier alpha value is -2.21. The summed E-state index contributed by atoms with van der Waals surface area (Å²) < 4.78 is 18.2. The van der Waals surface area contributed by atoms with Gasteiger partial charge in [-0.1, -0.05) is 0 Å². The fraction of sp³-hybridized carbons (Fsp3) is 0.357. The smallest absolute Gasteiger partial charge is 0.204 e. The summed E-state index contributed by atoms with van der Waals surface area (Å²) in [6.45, 7) is 0.209. The number of aliphatic hydroxyl groups is 1. The average molecular weight is 278 g/mol. The number of aromatic nitrogens is 2. The number of hydrogen-bond donors (Lipinski definition) is 1. The Balaban J connectivity index is 2.27. The minimum atomic E-state index is -0.0909. The number of aryl methyl sites for hydroxylation is 1. The van der Waals surface area contributed by atoms with Crippen molar-refractivity contribution < 1.29 is 19.3 Å². The van der Waals surface area contributed by atoms with Crippen LogP contribution in [0.15, 0.2) is 24.5 Å². The number of hydrogen-bond acceptors (Lipinski definition) is 5. The second-order valence-corrected chi connectivity index (χ2v) is 4.23. The van der Waals surface area contributed by atoms with Gasteiger partial charge in [0, 0.05) is 19.4 Å². The number of benzene rings is 1. The second kappa shape index (κ2) is 6.29. The molecule has 0 bridgehead atoms. The molecular formula is C14H18N2O4. The highest BCUT2D eigenvalue weighted by Gasteiger charge is 2.15.